The van der Waals surface area contributed by atoms with Gasteiger partial charge in [-0.3, -0.25) is 4.98 Å². The summed E-state index contributed by atoms with van der Waals surface area (Å²) in [5.41, 5.74) is 1.24. The molecule has 0 fully saturated rings. The standard InChI is InChI=1S/C16H13N3O2/c20-13-7-6-11-3-1-5-15(14(11)9-13)19-16(21)18-12-4-2-8-17-10-12/h1-10,20H,(H2,18,19,21). The van der Waals surface area contributed by atoms with Crippen LogP contribution in [0.2, 0.25) is 0 Å². The number of anilines is 2. The fraction of sp³-hybridized carbons (Fsp3) is 0. The Morgan fingerprint density at radius 2 is 1.95 bits per heavy atom. The van der Waals surface area contributed by atoms with Gasteiger partial charge in [0.1, 0.15) is 5.75 Å². The molecule has 5 nitrogen and oxygen atoms in total. The van der Waals surface area contributed by atoms with E-state index < -0.39 is 0 Å². The summed E-state index contributed by atoms with van der Waals surface area (Å²) in [6, 6.07) is 13.7. The van der Waals surface area contributed by atoms with Gasteiger partial charge in [0, 0.05) is 11.6 Å². The zero-order valence-corrected chi connectivity index (χ0v) is 11.1. The Labute approximate surface area is 121 Å². The molecular weight excluding hydrogens is 266 g/mol. The third-order valence-electron chi connectivity index (χ3n) is 3.03. The third kappa shape index (κ3) is 2.92. The van der Waals surface area contributed by atoms with E-state index in [0.29, 0.717) is 11.4 Å². The van der Waals surface area contributed by atoms with E-state index in [0.717, 1.165) is 10.8 Å². The summed E-state index contributed by atoms with van der Waals surface area (Å²) in [6.45, 7) is 0. The molecule has 0 spiro atoms. The summed E-state index contributed by atoms with van der Waals surface area (Å²) >= 11 is 0. The zero-order valence-electron chi connectivity index (χ0n) is 11.1. The van der Waals surface area contributed by atoms with Gasteiger partial charge >= 0.3 is 6.03 Å². The number of aromatic hydroxyl groups is 1. The minimum Gasteiger partial charge on any atom is -0.508 e. The maximum absolute atomic E-state index is 12.0. The Bertz CT molecular complexity index is 788. The average Bonchev–Trinajstić information content (AvgIpc) is 2.49. The number of hydrogen-bond donors (Lipinski definition) is 3. The summed E-state index contributed by atoms with van der Waals surface area (Å²) in [4.78, 5) is 15.9. The number of hydrogen-bond acceptors (Lipinski definition) is 3. The molecule has 3 rings (SSSR count). The molecule has 1 heterocycles. The largest absolute Gasteiger partial charge is 0.508 e. The van der Waals surface area contributed by atoms with Crippen LogP contribution in [0.5, 0.6) is 5.75 Å². The number of phenols is 1. The van der Waals surface area contributed by atoms with E-state index in [9.17, 15) is 9.90 Å². The number of carbonyl (C=O) groups excluding carboxylic acids is 1. The van der Waals surface area contributed by atoms with Crippen molar-refractivity contribution in [3.8, 4) is 5.75 Å². The number of phenolic OH excluding ortho intramolecular Hbond substituents is 1. The van der Waals surface area contributed by atoms with Gasteiger partial charge in [0.05, 0.1) is 17.6 Å². The molecule has 5 heteroatoms. The Hall–Kier alpha value is -3.08. The van der Waals surface area contributed by atoms with Gasteiger partial charge in [-0.15, -0.1) is 0 Å². The molecular formula is C16H13N3O2. The minimum absolute atomic E-state index is 0.157. The zero-order chi connectivity index (χ0) is 14.7. The van der Waals surface area contributed by atoms with Crippen LogP contribution in [0.1, 0.15) is 0 Å². The summed E-state index contributed by atoms with van der Waals surface area (Å²) in [5.74, 6) is 0.157. The van der Waals surface area contributed by atoms with Crippen molar-refractivity contribution in [1.29, 1.82) is 0 Å². The predicted octanol–water partition coefficient (Wildman–Crippen LogP) is 3.58. The van der Waals surface area contributed by atoms with Crippen LogP contribution >= 0.6 is 0 Å². The number of pyridine rings is 1. The normalized spacial score (nSPS) is 10.3. The van der Waals surface area contributed by atoms with Gasteiger partial charge in [-0.1, -0.05) is 18.2 Å². The van der Waals surface area contributed by atoms with Gasteiger partial charge in [0.25, 0.3) is 0 Å². The lowest BCUT2D eigenvalue weighted by atomic mass is 10.1. The Balaban J connectivity index is 1.84. The fourth-order valence-electron chi connectivity index (χ4n) is 2.09. The van der Waals surface area contributed by atoms with Crippen molar-refractivity contribution >= 4 is 28.2 Å². The molecule has 104 valence electrons. The SMILES string of the molecule is O=C(Nc1cccnc1)Nc1cccc2ccc(O)cc12. The van der Waals surface area contributed by atoms with Crippen molar-refractivity contribution in [2.75, 3.05) is 10.6 Å². The van der Waals surface area contributed by atoms with Crippen LogP contribution in [0, 0.1) is 0 Å². The highest BCUT2D eigenvalue weighted by Crippen LogP contribution is 2.27. The number of nitrogens with one attached hydrogen (secondary N) is 2. The number of carbonyl (C=O) groups is 1. The van der Waals surface area contributed by atoms with Crippen molar-refractivity contribution in [2.45, 2.75) is 0 Å². The average molecular weight is 279 g/mol. The maximum Gasteiger partial charge on any atom is 0.323 e. The van der Waals surface area contributed by atoms with Crippen LogP contribution in [0.15, 0.2) is 60.9 Å². The third-order valence-corrected chi connectivity index (χ3v) is 3.03. The van der Waals surface area contributed by atoms with E-state index >= 15 is 0 Å². The van der Waals surface area contributed by atoms with Gasteiger partial charge in [-0.2, -0.15) is 0 Å². The highest BCUT2D eigenvalue weighted by atomic mass is 16.3. The van der Waals surface area contributed by atoms with Crippen molar-refractivity contribution in [3.63, 3.8) is 0 Å². The molecule has 2 amide bonds. The molecule has 0 bridgehead atoms. The van der Waals surface area contributed by atoms with Gasteiger partial charge in [0.2, 0.25) is 0 Å². The summed E-state index contributed by atoms with van der Waals surface area (Å²) in [6.07, 6.45) is 3.20. The van der Waals surface area contributed by atoms with Crippen LogP contribution in [-0.4, -0.2) is 16.1 Å². The first-order chi connectivity index (χ1) is 10.2. The Morgan fingerprint density at radius 3 is 2.76 bits per heavy atom. The van der Waals surface area contributed by atoms with Crippen molar-refractivity contribution in [3.05, 3.63) is 60.9 Å². The molecule has 2 aromatic carbocycles. The van der Waals surface area contributed by atoms with E-state index in [-0.39, 0.29) is 11.8 Å². The van der Waals surface area contributed by atoms with Crippen molar-refractivity contribution in [1.82, 2.24) is 4.98 Å². The van der Waals surface area contributed by atoms with Gasteiger partial charge in [-0.05, 0) is 35.7 Å². The number of benzene rings is 2. The quantitative estimate of drug-likeness (QED) is 0.671. The Kier molecular flexibility index (Phi) is 3.39. The molecule has 1 aromatic heterocycles. The topological polar surface area (TPSA) is 74.2 Å². The lowest BCUT2D eigenvalue weighted by Crippen LogP contribution is -2.19. The molecule has 21 heavy (non-hydrogen) atoms. The first-order valence-corrected chi connectivity index (χ1v) is 6.42. The lowest BCUT2D eigenvalue weighted by Gasteiger charge is -2.10. The predicted molar refractivity (Wildman–Crippen MR) is 82.5 cm³/mol. The molecule has 0 saturated carbocycles. The fourth-order valence-corrected chi connectivity index (χ4v) is 2.09. The molecule has 0 unspecified atom stereocenters. The van der Waals surface area contributed by atoms with Crippen LogP contribution in [0.4, 0.5) is 16.2 Å². The van der Waals surface area contributed by atoms with Crippen LogP contribution < -0.4 is 10.6 Å². The van der Waals surface area contributed by atoms with Gasteiger partial charge < -0.3 is 15.7 Å². The number of aromatic nitrogens is 1. The first kappa shape index (κ1) is 12.9. The molecule has 3 N–H and O–H groups in total. The van der Waals surface area contributed by atoms with E-state index in [1.165, 1.54) is 0 Å². The van der Waals surface area contributed by atoms with E-state index in [1.807, 2.05) is 12.1 Å². The highest BCUT2D eigenvalue weighted by molar-refractivity contribution is 6.06. The van der Waals surface area contributed by atoms with Crippen LogP contribution in [0.3, 0.4) is 0 Å². The first-order valence-electron chi connectivity index (χ1n) is 6.42. The number of rotatable bonds is 2. The van der Waals surface area contributed by atoms with E-state index in [2.05, 4.69) is 15.6 Å². The molecule has 3 aromatic rings. The molecule has 0 aliphatic heterocycles. The molecule has 0 aliphatic carbocycles. The van der Waals surface area contributed by atoms with Crippen molar-refractivity contribution < 1.29 is 9.90 Å². The second kappa shape index (κ2) is 5.50. The number of urea groups is 1. The highest BCUT2D eigenvalue weighted by Gasteiger charge is 2.06. The van der Waals surface area contributed by atoms with Crippen molar-refractivity contribution in [2.24, 2.45) is 0 Å². The molecule has 0 aliphatic rings. The molecule has 0 atom stereocenters. The van der Waals surface area contributed by atoms with E-state index in [4.69, 9.17) is 0 Å². The summed E-state index contributed by atoms with van der Waals surface area (Å²) < 4.78 is 0. The van der Waals surface area contributed by atoms with Crippen LogP contribution in [-0.2, 0) is 0 Å². The number of amides is 2. The lowest BCUT2D eigenvalue weighted by molar-refractivity contribution is 0.262. The number of nitrogens with zero attached hydrogens (tertiary/aromatic N) is 1. The summed E-state index contributed by atoms with van der Waals surface area (Å²) in [5, 5.41) is 16.8. The molecule has 0 radical (unpaired) electrons. The monoisotopic (exact) mass is 279 g/mol. The Morgan fingerprint density at radius 1 is 1.05 bits per heavy atom. The van der Waals surface area contributed by atoms with E-state index in [1.54, 1.807) is 48.8 Å². The maximum atomic E-state index is 12.0. The second-order valence-electron chi connectivity index (χ2n) is 4.53. The van der Waals surface area contributed by atoms with Gasteiger partial charge in [0.15, 0.2) is 0 Å². The number of fused-ring (bicyclic) bond motifs is 1. The molecule has 0 saturated heterocycles. The van der Waals surface area contributed by atoms with Crippen LogP contribution in [0.25, 0.3) is 10.8 Å². The van der Waals surface area contributed by atoms with Gasteiger partial charge in [-0.25, -0.2) is 4.79 Å². The smallest absolute Gasteiger partial charge is 0.323 e. The minimum atomic E-state index is -0.362. The second-order valence-corrected chi connectivity index (χ2v) is 4.53. The summed E-state index contributed by atoms with van der Waals surface area (Å²) in [7, 11) is 0.